The number of esters is 1. The van der Waals surface area contributed by atoms with Crippen molar-refractivity contribution in [2.75, 3.05) is 17.7 Å². The second-order valence-electron chi connectivity index (χ2n) is 6.01. The molecule has 142 valence electrons. The molecule has 1 heterocycles. The Morgan fingerprint density at radius 1 is 1.07 bits per heavy atom. The number of rotatable bonds is 5. The first-order valence-corrected chi connectivity index (χ1v) is 8.83. The number of anilines is 3. The SMILES string of the molecule is COC(=O)c1ccc(Cl)c(Nc2ccc(NC(=O)c3ccccc3C)cn2)c1. The van der Waals surface area contributed by atoms with Gasteiger partial charge in [0.25, 0.3) is 5.91 Å². The van der Waals surface area contributed by atoms with E-state index in [0.717, 1.165) is 5.56 Å². The minimum absolute atomic E-state index is 0.200. The molecule has 0 saturated heterocycles. The van der Waals surface area contributed by atoms with E-state index in [0.29, 0.717) is 33.3 Å². The summed E-state index contributed by atoms with van der Waals surface area (Å²) in [7, 11) is 1.32. The third kappa shape index (κ3) is 4.47. The van der Waals surface area contributed by atoms with Crippen molar-refractivity contribution in [3.05, 3.63) is 82.5 Å². The molecule has 0 saturated carbocycles. The zero-order valence-electron chi connectivity index (χ0n) is 15.3. The van der Waals surface area contributed by atoms with Crippen molar-refractivity contribution in [3.8, 4) is 0 Å². The van der Waals surface area contributed by atoms with Gasteiger partial charge in [-0.2, -0.15) is 0 Å². The number of ether oxygens (including phenoxy) is 1. The number of benzene rings is 2. The third-order valence-electron chi connectivity index (χ3n) is 4.06. The topological polar surface area (TPSA) is 80.3 Å². The van der Waals surface area contributed by atoms with Gasteiger partial charge in [0.1, 0.15) is 5.82 Å². The molecule has 0 aliphatic heterocycles. The van der Waals surface area contributed by atoms with E-state index in [1.54, 1.807) is 36.4 Å². The Balaban J connectivity index is 1.72. The Morgan fingerprint density at radius 2 is 1.86 bits per heavy atom. The van der Waals surface area contributed by atoms with Gasteiger partial charge in [-0.3, -0.25) is 4.79 Å². The molecule has 0 radical (unpaired) electrons. The van der Waals surface area contributed by atoms with Gasteiger partial charge in [0.05, 0.1) is 35.3 Å². The predicted octanol–water partition coefficient (Wildman–Crippen LogP) is 4.83. The molecule has 0 fully saturated rings. The minimum Gasteiger partial charge on any atom is -0.465 e. The summed E-state index contributed by atoms with van der Waals surface area (Å²) in [4.78, 5) is 28.3. The lowest BCUT2D eigenvalue weighted by Gasteiger charge is -2.11. The largest absolute Gasteiger partial charge is 0.465 e. The number of aryl methyl sites for hydroxylation is 1. The van der Waals surface area contributed by atoms with Gasteiger partial charge in [-0.25, -0.2) is 9.78 Å². The van der Waals surface area contributed by atoms with E-state index in [-0.39, 0.29) is 5.91 Å². The van der Waals surface area contributed by atoms with Crippen LogP contribution in [0, 0.1) is 6.92 Å². The number of nitrogens with zero attached hydrogens (tertiary/aromatic N) is 1. The van der Waals surface area contributed by atoms with Gasteiger partial charge in [0.2, 0.25) is 0 Å². The highest BCUT2D eigenvalue weighted by molar-refractivity contribution is 6.33. The van der Waals surface area contributed by atoms with Crippen LogP contribution in [0.3, 0.4) is 0 Å². The average Bonchev–Trinajstić information content (AvgIpc) is 2.70. The molecule has 1 aromatic heterocycles. The highest BCUT2D eigenvalue weighted by atomic mass is 35.5. The summed E-state index contributed by atoms with van der Waals surface area (Å²) in [5, 5.41) is 6.30. The highest BCUT2D eigenvalue weighted by Gasteiger charge is 2.11. The number of amides is 1. The molecule has 0 unspecified atom stereocenters. The standard InChI is InChI=1S/C21H18ClN3O3/c1-13-5-3-4-6-16(13)20(26)24-15-8-10-19(23-12-15)25-18-11-14(21(27)28-2)7-9-17(18)22/h3-12H,1-2H3,(H,23,25)(H,24,26). The van der Waals surface area contributed by atoms with Gasteiger partial charge in [-0.05, 0) is 48.9 Å². The zero-order chi connectivity index (χ0) is 20.1. The molecule has 7 heteroatoms. The summed E-state index contributed by atoms with van der Waals surface area (Å²) in [6, 6.07) is 15.6. The summed E-state index contributed by atoms with van der Waals surface area (Å²) < 4.78 is 4.71. The van der Waals surface area contributed by atoms with Crippen molar-refractivity contribution < 1.29 is 14.3 Å². The number of carbonyl (C=O) groups is 2. The number of aromatic nitrogens is 1. The maximum Gasteiger partial charge on any atom is 0.337 e. The lowest BCUT2D eigenvalue weighted by Crippen LogP contribution is -2.13. The van der Waals surface area contributed by atoms with Crippen molar-refractivity contribution >= 4 is 40.7 Å². The number of nitrogens with one attached hydrogen (secondary N) is 2. The second-order valence-corrected chi connectivity index (χ2v) is 6.42. The molecule has 0 aliphatic rings. The lowest BCUT2D eigenvalue weighted by molar-refractivity contribution is 0.0600. The van der Waals surface area contributed by atoms with Crippen molar-refractivity contribution in [1.29, 1.82) is 0 Å². The predicted molar refractivity (Wildman–Crippen MR) is 109 cm³/mol. The van der Waals surface area contributed by atoms with Gasteiger partial charge < -0.3 is 15.4 Å². The number of halogens is 1. The Labute approximate surface area is 167 Å². The molecule has 6 nitrogen and oxygen atoms in total. The molecular weight excluding hydrogens is 378 g/mol. The summed E-state index contributed by atoms with van der Waals surface area (Å²) in [5.74, 6) is -0.144. The molecule has 2 N–H and O–H groups in total. The quantitative estimate of drug-likeness (QED) is 0.605. The maximum atomic E-state index is 12.4. The summed E-state index contributed by atoms with van der Waals surface area (Å²) in [6.45, 7) is 1.88. The van der Waals surface area contributed by atoms with E-state index in [2.05, 4.69) is 15.6 Å². The van der Waals surface area contributed by atoms with E-state index in [4.69, 9.17) is 16.3 Å². The maximum absolute atomic E-state index is 12.4. The summed E-state index contributed by atoms with van der Waals surface area (Å²) >= 11 is 6.18. The summed E-state index contributed by atoms with van der Waals surface area (Å²) in [6.07, 6.45) is 1.54. The highest BCUT2D eigenvalue weighted by Crippen LogP contribution is 2.26. The van der Waals surface area contributed by atoms with Crippen molar-refractivity contribution in [1.82, 2.24) is 4.98 Å². The number of pyridine rings is 1. The van der Waals surface area contributed by atoms with Crippen molar-refractivity contribution in [2.24, 2.45) is 0 Å². The van der Waals surface area contributed by atoms with Crippen LogP contribution in [-0.4, -0.2) is 24.0 Å². The first kappa shape index (κ1) is 19.4. The van der Waals surface area contributed by atoms with E-state index >= 15 is 0 Å². The molecule has 2 aromatic carbocycles. The molecule has 0 aliphatic carbocycles. The number of methoxy groups -OCH3 is 1. The van der Waals surface area contributed by atoms with Gasteiger partial charge in [0.15, 0.2) is 0 Å². The molecular formula is C21H18ClN3O3. The molecule has 0 bridgehead atoms. The Hall–Kier alpha value is -3.38. The van der Waals surface area contributed by atoms with Crippen LogP contribution in [0.2, 0.25) is 5.02 Å². The molecule has 28 heavy (non-hydrogen) atoms. The minimum atomic E-state index is -0.457. The number of hydrogen-bond donors (Lipinski definition) is 2. The Morgan fingerprint density at radius 3 is 2.54 bits per heavy atom. The van der Waals surface area contributed by atoms with Gasteiger partial charge >= 0.3 is 5.97 Å². The molecule has 0 atom stereocenters. The Kier molecular flexibility index (Phi) is 5.91. The van der Waals surface area contributed by atoms with E-state index in [1.165, 1.54) is 13.3 Å². The van der Waals surface area contributed by atoms with E-state index in [1.807, 2.05) is 25.1 Å². The van der Waals surface area contributed by atoms with Crippen LogP contribution in [-0.2, 0) is 4.74 Å². The third-order valence-corrected chi connectivity index (χ3v) is 4.39. The molecule has 0 spiro atoms. The molecule has 1 amide bonds. The van der Waals surface area contributed by atoms with Crippen molar-refractivity contribution in [2.45, 2.75) is 6.92 Å². The monoisotopic (exact) mass is 395 g/mol. The van der Waals surface area contributed by atoms with Gasteiger partial charge in [-0.15, -0.1) is 0 Å². The fourth-order valence-corrected chi connectivity index (χ4v) is 2.74. The van der Waals surface area contributed by atoms with Crippen LogP contribution in [0.5, 0.6) is 0 Å². The molecule has 3 aromatic rings. The zero-order valence-corrected chi connectivity index (χ0v) is 16.1. The van der Waals surface area contributed by atoms with Gasteiger partial charge in [-0.1, -0.05) is 29.8 Å². The van der Waals surface area contributed by atoms with E-state index in [9.17, 15) is 9.59 Å². The van der Waals surface area contributed by atoms with Crippen LogP contribution in [0.4, 0.5) is 17.2 Å². The Bertz CT molecular complexity index is 1020. The first-order valence-electron chi connectivity index (χ1n) is 8.46. The average molecular weight is 396 g/mol. The van der Waals surface area contributed by atoms with Crippen LogP contribution >= 0.6 is 11.6 Å². The number of carbonyl (C=O) groups excluding carboxylic acids is 2. The normalized spacial score (nSPS) is 10.2. The smallest absolute Gasteiger partial charge is 0.337 e. The fraction of sp³-hybridized carbons (Fsp3) is 0.0952. The van der Waals surface area contributed by atoms with Crippen LogP contribution < -0.4 is 10.6 Å². The van der Waals surface area contributed by atoms with Crippen molar-refractivity contribution in [3.63, 3.8) is 0 Å². The van der Waals surface area contributed by atoms with E-state index < -0.39 is 5.97 Å². The van der Waals surface area contributed by atoms with Crippen LogP contribution in [0.25, 0.3) is 0 Å². The first-order chi connectivity index (χ1) is 13.5. The summed E-state index contributed by atoms with van der Waals surface area (Å²) in [5.41, 5.74) is 2.96. The lowest BCUT2D eigenvalue weighted by atomic mass is 10.1. The number of hydrogen-bond acceptors (Lipinski definition) is 5. The molecule has 3 rings (SSSR count). The second kappa shape index (κ2) is 8.54. The van der Waals surface area contributed by atoms with Crippen LogP contribution in [0.1, 0.15) is 26.3 Å². The van der Waals surface area contributed by atoms with Gasteiger partial charge in [0, 0.05) is 5.56 Å². The fourth-order valence-electron chi connectivity index (χ4n) is 2.57. The van der Waals surface area contributed by atoms with Crippen LogP contribution in [0.15, 0.2) is 60.8 Å².